The largest absolute Gasteiger partial charge is 0.381 e. The molecule has 8 heteroatoms. The minimum atomic E-state index is -0.551. The molecule has 1 unspecified atom stereocenters. The predicted molar refractivity (Wildman–Crippen MR) is 98.7 cm³/mol. The van der Waals surface area contributed by atoms with Crippen molar-refractivity contribution in [3.05, 3.63) is 46.7 Å². The Balaban J connectivity index is 0.00000225. The smallest absolute Gasteiger partial charge is 0.243 e. The zero-order valence-electron chi connectivity index (χ0n) is 13.6. The lowest BCUT2D eigenvalue weighted by molar-refractivity contribution is -0.119. The number of amides is 1. The molecule has 0 radical (unpaired) electrons. The van der Waals surface area contributed by atoms with Crippen molar-refractivity contribution < 1.29 is 13.9 Å². The van der Waals surface area contributed by atoms with Crippen LogP contribution in [0.4, 0.5) is 9.52 Å². The van der Waals surface area contributed by atoms with Gasteiger partial charge in [-0.15, -0.1) is 23.7 Å². The molecule has 1 amide bonds. The second-order valence-corrected chi connectivity index (χ2v) is 7.02. The van der Waals surface area contributed by atoms with Crippen LogP contribution in [0, 0.1) is 11.7 Å². The minimum absolute atomic E-state index is 0. The Morgan fingerprint density at radius 3 is 2.92 bits per heavy atom. The van der Waals surface area contributed by atoms with E-state index in [0.29, 0.717) is 24.8 Å². The lowest BCUT2D eigenvalue weighted by Gasteiger charge is -2.26. The summed E-state index contributed by atoms with van der Waals surface area (Å²) in [6.07, 6.45) is 3.89. The van der Waals surface area contributed by atoms with E-state index in [1.807, 2.05) is 6.07 Å². The second-order valence-electron chi connectivity index (χ2n) is 5.90. The molecule has 2 aromatic rings. The van der Waals surface area contributed by atoms with Crippen LogP contribution < -0.4 is 11.1 Å². The molecule has 0 spiro atoms. The first-order valence-corrected chi connectivity index (χ1v) is 8.77. The van der Waals surface area contributed by atoms with Gasteiger partial charge in [-0.05, 0) is 36.5 Å². The topological polar surface area (TPSA) is 77.2 Å². The van der Waals surface area contributed by atoms with Crippen LogP contribution in [0.5, 0.6) is 0 Å². The molecule has 136 valence electrons. The Morgan fingerprint density at radius 1 is 1.44 bits per heavy atom. The first kappa shape index (κ1) is 19.8. The van der Waals surface area contributed by atoms with E-state index in [-0.39, 0.29) is 30.0 Å². The molecule has 1 fully saturated rings. The quantitative estimate of drug-likeness (QED) is 0.829. The van der Waals surface area contributed by atoms with Gasteiger partial charge in [0.25, 0.3) is 0 Å². The number of halogens is 2. The number of thiazole rings is 1. The molecule has 0 bridgehead atoms. The van der Waals surface area contributed by atoms with E-state index in [4.69, 9.17) is 10.5 Å². The number of hydrogen-bond donors (Lipinski definition) is 2. The van der Waals surface area contributed by atoms with Gasteiger partial charge in [-0.2, -0.15) is 0 Å². The van der Waals surface area contributed by atoms with Crippen LogP contribution >= 0.6 is 23.7 Å². The maximum atomic E-state index is 13.2. The van der Waals surface area contributed by atoms with E-state index in [9.17, 15) is 9.18 Å². The highest BCUT2D eigenvalue weighted by atomic mass is 35.5. The van der Waals surface area contributed by atoms with E-state index in [1.165, 1.54) is 23.5 Å². The molecule has 1 aromatic heterocycles. The van der Waals surface area contributed by atoms with Gasteiger partial charge in [-0.3, -0.25) is 4.79 Å². The van der Waals surface area contributed by atoms with Crippen LogP contribution in [-0.4, -0.2) is 30.1 Å². The number of hydrogen-bond acceptors (Lipinski definition) is 5. The molecule has 1 aromatic carbocycles. The average Bonchev–Trinajstić information content (AvgIpc) is 3.02. The highest BCUT2D eigenvalue weighted by molar-refractivity contribution is 7.15. The highest BCUT2D eigenvalue weighted by Gasteiger charge is 2.27. The third-order valence-corrected chi connectivity index (χ3v) is 5.04. The Kier molecular flexibility index (Phi) is 7.31. The molecule has 2 heterocycles. The van der Waals surface area contributed by atoms with Gasteiger partial charge in [0.1, 0.15) is 5.82 Å². The molecular formula is C17H21ClFN3O2S. The van der Waals surface area contributed by atoms with Crippen molar-refractivity contribution >= 4 is 34.8 Å². The molecule has 0 saturated carbocycles. The fourth-order valence-electron chi connectivity index (χ4n) is 2.77. The summed E-state index contributed by atoms with van der Waals surface area (Å²) < 4.78 is 18.5. The van der Waals surface area contributed by atoms with Crippen LogP contribution in [0.15, 0.2) is 30.5 Å². The van der Waals surface area contributed by atoms with Crippen molar-refractivity contribution in [2.75, 3.05) is 18.5 Å². The van der Waals surface area contributed by atoms with E-state index in [1.54, 1.807) is 12.3 Å². The number of benzene rings is 1. The van der Waals surface area contributed by atoms with Crippen LogP contribution in [0.25, 0.3) is 0 Å². The average molecular weight is 386 g/mol. The lowest BCUT2D eigenvalue weighted by Crippen LogP contribution is -2.43. The van der Waals surface area contributed by atoms with Crippen molar-refractivity contribution in [3.8, 4) is 0 Å². The number of carbonyl (C=O) groups is 1. The van der Waals surface area contributed by atoms with E-state index >= 15 is 0 Å². The Hall–Kier alpha value is -1.54. The van der Waals surface area contributed by atoms with Crippen molar-refractivity contribution in [1.82, 2.24) is 4.98 Å². The summed E-state index contributed by atoms with van der Waals surface area (Å²) >= 11 is 1.38. The third kappa shape index (κ3) is 5.47. The summed E-state index contributed by atoms with van der Waals surface area (Å²) in [5.41, 5.74) is 6.93. The Bertz CT molecular complexity index is 707. The predicted octanol–water partition coefficient (Wildman–Crippen LogP) is 2.99. The number of aromatic nitrogens is 1. The number of ether oxygens (including phenoxy) is 1. The molecule has 3 rings (SSSR count). The van der Waals surface area contributed by atoms with Gasteiger partial charge in [0.2, 0.25) is 5.91 Å². The summed E-state index contributed by atoms with van der Waals surface area (Å²) in [5.74, 6) is -0.327. The van der Waals surface area contributed by atoms with Gasteiger partial charge < -0.3 is 15.8 Å². The summed E-state index contributed by atoms with van der Waals surface area (Å²) in [5, 5.41) is 3.31. The molecule has 5 nitrogen and oxygen atoms in total. The molecule has 1 aliphatic rings. The monoisotopic (exact) mass is 385 g/mol. The second kappa shape index (κ2) is 9.24. The number of nitrogens with one attached hydrogen (secondary N) is 1. The summed E-state index contributed by atoms with van der Waals surface area (Å²) in [6, 6.07) is 5.91. The first-order chi connectivity index (χ1) is 11.6. The zero-order chi connectivity index (χ0) is 16.9. The van der Waals surface area contributed by atoms with Gasteiger partial charge in [-0.1, -0.05) is 12.1 Å². The van der Waals surface area contributed by atoms with E-state index in [0.717, 1.165) is 23.3 Å². The fourth-order valence-corrected chi connectivity index (χ4v) is 3.62. The number of carbonyl (C=O) groups excluding carboxylic acids is 1. The molecule has 1 saturated heterocycles. The van der Waals surface area contributed by atoms with Crippen LogP contribution in [-0.2, 0) is 16.0 Å². The molecule has 25 heavy (non-hydrogen) atoms. The summed E-state index contributed by atoms with van der Waals surface area (Å²) in [4.78, 5) is 17.4. The van der Waals surface area contributed by atoms with Gasteiger partial charge in [0.05, 0.1) is 6.04 Å². The molecule has 1 atom stereocenters. The zero-order valence-corrected chi connectivity index (χ0v) is 15.2. The van der Waals surface area contributed by atoms with Crippen LogP contribution in [0.3, 0.4) is 0 Å². The molecule has 1 aliphatic heterocycles. The number of nitrogens with zero attached hydrogens (tertiary/aromatic N) is 1. The summed E-state index contributed by atoms with van der Waals surface area (Å²) in [7, 11) is 0. The molecular weight excluding hydrogens is 365 g/mol. The third-order valence-electron chi connectivity index (χ3n) is 4.13. The standard InChI is InChI=1S/C17H20FN3O2S.ClH/c18-13-3-1-2-11(8-13)9-14-10-20-17(24-14)21-16(22)15(19)12-4-6-23-7-5-12;/h1-3,8,10,12,15H,4-7,9,19H2,(H,20,21,22);1H. The van der Waals surface area contributed by atoms with Gasteiger partial charge in [-0.25, -0.2) is 9.37 Å². The Labute approximate surface area is 156 Å². The lowest BCUT2D eigenvalue weighted by atomic mass is 9.92. The number of rotatable bonds is 5. The van der Waals surface area contributed by atoms with E-state index in [2.05, 4.69) is 10.3 Å². The van der Waals surface area contributed by atoms with Crippen molar-refractivity contribution in [2.45, 2.75) is 25.3 Å². The number of anilines is 1. The van der Waals surface area contributed by atoms with Crippen LogP contribution in [0.1, 0.15) is 23.3 Å². The van der Waals surface area contributed by atoms with Gasteiger partial charge in [0.15, 0.2) is 5.13 Å². The normalized spacial score (nSPS) is 16.1. The maximum Gasteiger partial charge on any atom is 0.243 e. The van der Waals surface area contributed by atoms with Crippen molar-refractivity contribution in [2.24, 2.45) is 11.7 Å². The number of nitrogens with two attached hydrogens (primary N) is 1. The van der Waals surface area contributed by atoms with Gasteiger partial charge in [0, 0.05) is 30.7 Å². The Morgan fingerprint density at radius 2 is 2.20 bits per heavy atom. The minimum Gasteiger partial charge on any atom is -0.381 e. The molecule has 3 N–H and O–H groups in total. The van der Waals surface area contributed by atoms with Gasteiger partial charge >= 0.3 is 0 Å². The van der Waals surface area contributed by atoms with Crippen molar-refractivity contribution in [1.29, 1.82) is 0 Å². The first-order valence-electron chi connectivity index (χ1n) is 7.95. The SMILES string of the molecule is Cl.NC(C(=O)Nc1ncc(Cc2cccc(F)c2)s1)C1CCOCC1. The maximum absolute atomic E-state index is 13.2. The fraction of sp³-hybridized carbons (Fsp3) is 0.412. The highest BCUT2D eigenvalue weighted by Crippen LogP contribution is 2.23. The van der Waals surface area contributed by atoms with E-state index < -0.39 is 6.04 Å². The summed E-state index contributed by atoms with van der Waals surface area (Å²) in [6.45, 7) is 1.31. The van der Waals surface area contributed by atoms with Crippen molar-refractivity contribution in [3.63, 3.8) is 0 Å². The molecule has 0 aliphatic carbocycles. The van der Waals surface area contributed by atoms with Crippen LogP contribution in [0.2, 0.25) is 0 Å².